The first-order chi connectivity index (χ1) is 9.65. The second-order valence-corrected chi connectivity index (χ2v) is 6.03. The van der Waals surface area contributed by atoms with Crippen LogP contribution in [0.1, 0.15) is 24.8 Å². The molecule has 0 amide bonds. The van der Waals surface area contributed by atoms with E-state index in [1.54, 1.807) is 0 Å². The lowest BCUT2D eigenvalue weighted by molar-refractivity contribution is 0.321. The third-order valence-electron chi connectivity index (χ3n) is 4.12. The Labute approximate surface area is 124 Å². The van der Waals surface area contributed by atoms with Gasteiger partial charge in [-0.25, -0.2) is 4.98 Å². The summed E-state index contributed by atoms with van der Waals surface area (Å²) >= 11 is 5.19. The first kappa shape index (κ1) is 13.3. The Balaban J connectivity index is 2.00. The van der Waals surface area contributed by atoms with Gasteiger partial charge in [-0.05, 0) is 30.9 Å². The molecule has 0 saturated heterocycles. The van der Waals surface area contributed by atoms with Gasteiger partial charge in [-0.15, -0.1) is 0 Å². The number of pyridine rings is 1. The average molecular weight is 285 g/mol. The maximum absolute atomic E-state index is 5.87. The van der Waals surface area contributed by atoms with Crippen molar-refractivity contribution in [2.24, 2.45) is 11.7 Å². The van der Waals surface area contributed by atoms with E-state index in [0.717, 1.165) is 34.7 Å². The fourth-order valence-electron chi connectivity index (χ4n) is 2.72. The number of nitrogens with zero attached hydrogens (tertiary/aromatic N) is 2. The van der Waals surface area contributed by atoms with Crippen molar-refractivity contribution in [3.63, 3.8) is 0 Å². The minimum Gasteiger partial charge on any atom is -0.389 e. The van der Waals surface area contributed by atoms with Crippen molar-refractivity contribution in [3.8, 4) is 0 Å². The Kier molecular flexibility index (Phi) is 3.57. The molecule has 1 aliphatic carbocycles. The number of rotatable bonds is 4. The summed E-state index contributed by atoms with van der Waals surface area (Å²) < 4.78 is 0. The summed E-state index contributed by atoms with van der Waals surface area (Å²) in [7, 11) is 2.10. The number of nitrogens with two attached hydrogens (primary N) is 1. The number of thiocarbonyl (C=S) groups is 1. The van der Waals surface area contributed by atoms with Crippen molar-refractivity contribution in [1.82, 2.24) is 4.98 Å². The quantitative estimate of drug-likeness (QED) is 0.877. The number of anilines is 1. The maximum atomic E-state index is 5.87. The molecular weight excluding hydrogens is 266 g/mol. The molecule has 0 spiro atoms. The summed E-state index contributed by atoms with van der Waals surface area (Å²) in [6.07, 6.45) is 4.03. The molecule has 20 heavy (non-hydrogen) atoms. The number of benzene rings is 1. The van der Waals surface area contributed by atoms with Crippen LogP contribution in [0.5, 0.6) is 0 Å². The number of fused-ring (bicyclic) bond motifs is 1. The molecule has 1 aromatic heterocycles. The lowest BCUT2D eigenvalue weighted by atomic mass is 9.85. The summed E-state index contributed by atoms with van der Waals surface area (Å²) in [5, 5.41) is 1.03. The summed E-state index contributed by atoms with van der Waals surface area (Å²) in [6.45, 7) is 1.06. The molecule has 0 atom stereocenters. The van der Waals surface area contributed by atoms with Gasteiger partial charge in [-0.2, -0.15) is 0 Å². The van der Waals surface area contributed by atoms with E-state index in [1.165, 1.54) is 19.3 Å². The molecule has 0 radical (unpaired) electrons. The van der Waals surface area contributed by atoms with Gasteiger partial charge in [0.1, 0.15) is 10.8 Å². The largest absolute Gasteiger partial charge is 0.389 e. The van der Waals surface area contributed by atoms with Crippen LogP contribution < -0.4 is 10.6 Å². The average Bonchev–Trinajstić information content (AvgIpc) is 2.41. The van der Waals surface area contributed by atoms with Gasteiger partial charge in [0, 0.05) is 24.5 Å². The van der Waals surface area contributed by atoms with E-state index in [2.05, 4.69) is 11.9 Å². The van der Waals surface area contributed by atoms with Gasteiger partial charge >= 0.3 is 0 Å². The second kappa shape index (κ2) is 5.37. The molecule has 2 N–H and O–H groups in total. The number of aromatic nitrogens is 1. The van der Waals surface area contributed by atoms with Gasteiger partial charge in [0.05, 0.1) is 5.52 Å². The van der Waals surface area contributed by atoms with Crippen molar-refractivity contribution in [2.45, 2.75) is 19.3 Å². The third-order valence-corrected chi connectivity index (χ3v) is 4.34. The third kappa shape index (κ3) is 2.48. The molecule has 1 aromatic carbocycles. The molecule has 1 heterocycles. The summed E-state index contributed by atoms with van der Waals surface area (Å²) in [6, 6.07) is 10.0. The van der Waals surface area contributed by atoms with Crippen LogP contribution in [-0.2, 0) is 0 Å². The van der Waals surface area contributed by atoms with Crippen LogP contribution in [0.4, 0.5) is 5.82 Å². The SMILES string of the molecule is CN(CC1CCC1)c1cc(C(N)=S)c2ccccc2n1. The van der Waals surface area contributed by atoms with E-state index in [0.29, 0.717) is 4.99 Å². The number of para-hydroxylation sites is 1. The van der Waals surface area contributed by atoms with Crippen LogP contribution in [0.2, 0.25) is 0 Å². The predicted octanol–water partition coefficient (Wildman–Crippen LogP) is 3.11. The molecule has 1 saturated carbocycles. The molecule has 1 aliphatic rings. The first-order valence-corrected chi connectivity index (χ1v) is 7.46. The van der Waals surface area contributed by atoms with Crippen LogP contribution in [0.25, 0.3) is 10.9 Å². The fourth-order valence-corrected chi connectivity index (χ4v) is 2.89. The van der Waals surface area contributed by atoms with E-state index >= 15 is 0 Å². The van der Waals surface area contributed by atoms with Gasteiger partial charge in [0.15, 0.2) is 0 Å². The molecule has 0 bridgehead atoms. The monoisotopic (exact) mass is 285 g/mol. The second-order valence-electron chi connectivity index (χ2n) is 5.59. The molecule has 3 nitrogen and oxygen atoms in total. The minimum absolute atomic E-state index is 0.432. The standard InChI is InChI=1S/C16H19N3S/c1-19(10-11-5-4-6-11)15-9-13(16(17)20)12-7-2-3-8-14(12)18-15/h2-3,7-9,11H,4-6,10H2,1H3,(H2,17,20). The molecular formula is C16H19N3S. The normalized spacial score (nSPS) is 15.1. The maximum Gasteiger partial charge on any atom is 0.129 e. The van der Waals surface area contributed by atoms with Crippen molar-refractivity contribution in [1.29, 1.82) is 0 Å². The first-order valence-electron chi connectivity index (χ1n) is 7.06. The summed E-state index contributed by atoms with van der Waals surface area (Å²) in [5.74, 6) is 1.76. The van der Waals surface area contributed by atoms with Gasteiger partial charge in [0.25, 0.3) is 0 Å². The highest BCUT2D eigenvalue weighted by Crippen LogP contribution is 2.29. The Morgan fingerprint density at radius 1 is 1.40 bits per heavy atom. The Bertz CT molecular complexity index is 649. The van der Waals surface area contributed by atoms with E-state index in [-0.39, 0.29) is 0 Å². The van der Waals surface area contributed by atoms with E-state index in [4.69, 9.17) is 22.9 Å². The topological polar surface area (TPSA) is 42.1 Å². The Morgan fingerprint density at radius 3 is 2.80 bits per heavy atom. The van der Waals surface area contributed by atoms with Crippen LogP contribution >= 0.6 is 12.2 Å². The van der Waals surface area contributed by atoms with Crippen LogP contribution in [0.15, 0.2) is 30.3 Å². The van der Waals surface area contributed by atoms with Crippen molar-refractivity contribution < 1.29 is 0 Å². The smallest absolute Gasteiger partial charge is 0.129 e. The highest BCUT2D eigenvalue weighted by atomic mass is 32.1. The Hall–Kier alpha value is -1.68. The number of hydrogen-bond acceptors (Lipinski definition) is 3. The highest BCUT2D eigenvalue weighted by molar-refractivity contribution is 7.80. The predicted molar refractivity (Wildman–Crippen MR) is 88.2 cm³/mol. The fraction of sp³-hybridized carbons (Fsp3) is 0.375. The molecule has 104 valence electrons. The van der Waals surface area contributed by atoms with Crippen LogP contribution in [-0.4, -0.2) is 23.6 Å². The zero-order valence-corrected chi connectivity index (χ0v) is 12.5. The summed E-state index contributed by atoms with van der Waals surface area (Å²) in [5.41, 5.74) is 7.74. The van der Waals surface area contributed by atoms with Crippen molar-refractivity contribution in [2.75, 3.05) is 18.5 Å². The molecule has 3 rings (SSSR count). The van der Waals surface area contributed by atoms with Gasteiger partial charge in [-0.1, -0.05) is 36.8 Å². The van der Waals surface area contributed by atoms with Gasteiger partial charge < -0.3 is 10.6 Å². The van der Waals surface area contributed by atoms with Crippen LogP contribution in [0, 0.1) is 5.92 Å². The van der Waals surface area contributed by atoms with E-state index in [9.17, 15) is 0 Å². The zero-order chi connectivity index (χ0) is 14.1. The molecule has 4 heteroatoms. The lowest BCUT2D eigenvalue weighted by Gasteiger charge is -2.31. The van der Waals surface area contributed by atoms with E-state index < -0.39 is 0 Å². The molecule has 0 unspecified atom stereocenters. The summed E-state index contributed by atoms with van der Waals surface area (Å²) in [4.78, 5) is 7.39. The zero-order valence-electron chi connectivity index (χ0n) is 11.7. The Morgan fingerprint density at radius 2 is 2.15 bits per heavy atom. The molecule has 0 aliphatic heterocycles. The minimum atomic E-state index is 0.432. The number of hydrogen-bond donors (Lipinski definition) is 1. The van der Waals surface area contributed by atoms with Gasteiger partial charge in [-0.3, -0.25) is 0 Å². The van der Waals surface area contributed by atoms with E-state index in [1.807, 2.05) is 30.3 Å². The van der Waals surface area contributed by atoms with Gasteiger partial charge in [0.2, 0.25) is 0 Å². The molecule has 2 aromatic rings. The highest BCUT2D eigenvalue weighted by Gasteiger charge is 2.20. The van der Waals surface area contributed by atoms with Crippen molar-refractivity contribution >= 4 is 33.9 Å². The lowest BCUT2D eigenvalue weighted by Crippen LogP contribution is -2.30. The van der Waals surface area contributed by atoms with Crippen molar-refractivity contribution in [3.05, 3.63) is 35.9 Å². The molecule has 1 fully saturated rings. The van der Waals surface area contributed by atoms with Crippen LogP contribution in [0.3, 0.4) is 0 Å².